The van der Waals surface area contributed by atoms with Crippen LogP contribution in [0.1, 0.15) is 49.8 Å². The summed E-state index contributed by atoms with van der Waals surface area (Å²) < 4.78 is 5.48. The third-order valence-corrected chi connectivity index (χ3v) is 3.44. The summed E-state index contributed by atoms with van der Waals surface area (Å²) >= 11 is 0. The van der Waals surface area contributed by atoms with Crippen LogP contribution in [-0.2, 0) is 0 Å². The van der Waals surface area contributed by atoms with Crippen molar-refractivity contribution in [2.75, 3.05) is 13.7 Å². The first kappa shape index (κ1) is 11.5. The number of hydrogen-bond acceptors (Lipinski definition) is 2. The van der Waals surface area contributed by atoms with E-state index in [0.717, 1.165) is 12.3 Å². The van der Waals surface area contributed by atoms with Crippen LogP contribution < -0.4 is 10.1 Å². The highest BCUT2D eigenvalue weighted by atomic mass is 16.5. The normalized spacial score (nSPS) is 23.9. The molecule has 1 aromatic carbocycles. The zero-order chi connectivity index (χ0) is 11.5. The quantitative estimate of drug-likeness (QED) is 0.842. The maximum Gasteiger partial charge on any atom is 0.122 e. The summed E-state index contributed by atoms with van der Waals surface area (Å²) in [5.74, 6) is 1.59. The molecule has 1 aliphatic rings. The summed E-state index contributed by atoms with van der Waals surface area (Å²) in [5.41, 5.74) is 2.84. The Hall–Kier alpha value is -1.02. The summed E-state index contributed by atoms with van der Waals surface area (Å²) in [6.07, 6.45) is 2.41. The molecule has 2 atom stereocenters. The van der Waals surface area contributed by atoms with E-state index in [-0.39, 0.29) is 0 Å². The van der Waals surface area contributed by atoms with E-state index in [1.54, 1.807) is 7.11 Å². The van der Waals surface area contributed by atoms with E-state index in [0.29, 0.717) is 12.0 Å². The summed E-state index contributed by atoms with van der Waals surface area (Å²) in [6.45, 7) is 5.55. The number of fused-ring (bicyclic) bond motifs is 1. The van der Waals surface area contributed by atoms with Gasteiger partial charge in [0.2, 0.25) is 0 Å². The second kappa shape index (κ2) is 4.88. The van der Waals surface area contributed by atoms with Crippen LogP contribution in [0.5, 0.6) is 5.75 Å². The zero-order valence-electron chi connectivity index (χ0n) is 10.4. The van der Waals surface area contributed by atoms with Crippen molar-refractivity contribution < 1.29 is 4.74 Å². The molecule has 2 rings (SSSR count). The standard InChI is InChI=1S/C14H21NO/c1-4-6-12-11-7-5-8-13(16-3)14(11)10(2)9-15-12/h5,7-8,10,12,15H,4,6,9H2,1-3H3. The molecule has 0 aliphatic carbocycles. The van der Waals surface area contributed by atoms with Gasteiger partial charge in [-0.2, -0.15) is 0 Å². The third-order valence-electron chi connectivity index (χ3n) is 3.44. The molecule has 88 valence electrons. The van der Waals surface area contributed by atoms with Crippen molar-refractivity contribution in [3.05, 3.63) is 29.3 Å². The van der Waals surface area contributed by atoms with Crippen molar-refractivity contribution in [1.82, 2.24) is 5.32 Å². The largest absolute Gasteiger partial charge is 0.496 e. The molecule has 0 bridgehead atoms. The van der Waals surface area contributed by atoms with E-state index in [9.17, 15) is 0 Å². The highest BCUT2D eigenvalue weighted by Crippen LogP contribution is 2.37. The van der Waals surface area contributed by atoms with Gasteiger partial charge in [-0.15, -0.1) is 0 Å². The summed E-state index contributed by atoms with van der Waals surface area (Å²) in [5, 5.41) is 3.62. The number of methoxy groups -OCH3 is 1. The Morgan fingerprint density at radius 3 is 2.94 bits per heavy atom. The van der Waals surface area contributed by atoms with Gasteiger partial charge >= 0.3 is 0 Å². The van der Waals surface area contributed by atoms with Crippen LogP contribution in [-0.4, -0.2) is 13.7 Å². The van der Waals surface area contributed by atoms with Gasteiger partial charge in [0, 0.05) is 18.2 Å². The number of ether oxygens (including phenoxy) is 1. The van der Waals surface area contributed by atoms with E-state index >= 15 is 0 Å². The molecule has 1 N–H and O–H groups in total. The highest BCUT2D eigenvalue weighted by molar-refractivity contribution is 5.45. The van der Waals surface area contributed by atoms with Gasteiger partial charge in [0.15, 0.2) is 0 Å². The molecule has 0 radical (unpaired) electrons. The lowest BCUT2D eigenvalue weighted by Crippen LogP contribution is -2.32. The first-order valence-electron chi connectivity index (χ1n) is 6.18. The molecule has 0 aromatic heterocycles. The lowest BCUT2D eigenvalue weighted by Gasteiger charge is -2.32. The lowest BCUT2D eigenvalue weighted by molar-refractivity contribution is 0.385. The zero-order valence-corrected chi connectivity index (χ0v) is 10.4. The van der Waals surface area contributed by atoms with E-state index in [4.69, 9.17) is 4.74 Å². The van der Waals surface area contributed by atoms with Gasteiger partial charge in [0.05, 0.1) is 7.11 Å². The van der Waals surface area contributed by atoms with E-state index < -0.39 is 0 Å². The SMILES string of the molecule is CCCC1NCC(C)c2c(OC)cccc21. The maximum absolute atomic E-state index is 5.48. The van der Waals surface area contributed by atoms with Gasteiger partial charge in [0.1, 0.15) is 5.75 Å². The third kappa shape index (κ3) is 1.94. The average Bonchev–Trinajstić information content (AvgIpc) is 2.32. The molecular weight excluding hydrogens is 198 g/mol. The fourth-order valence-electron chi connectivity index (χ4n) is 2.65. The van der Waals surface area contributed by atoms with Crippen LogP contribution in [0.15, 0.2) is 18.2 Å². The Balaban J connectivity index is 2.42. The van der Waals surface area contributed by atoms with Gasteiger partial charge in [-0.05, 0) is 24.0 Å². The van der Waals surface area contributed by atoms with E-state index in [1.807, 2.05) is 0 Å². The molecule has 1 aromatic rings. The van der Waals surface area contributed by atoms with Gasteiger partial charge < -0.3 is 10.1 Å². The Morgan fingerprint density at radius 1 is 1.44 bits per heavy atom. The van der Waals surface area contributed by atoms with Crippen molar-refractivity contribution in [2.24, 2.45) is 0 Å². The molecule has 2 heteroatoms. The number of benzene rings is 1. The molecule has 16 heavy (non-hydrogen) atoms. The summed E-state index contributed by atoms with van der Waals surface area (Å²) in [7, 11) is 1.76. The number of nitrogens with one attached hydrogen (secondary N) is 1. The molecule has 0 saturated heterocycles. The van der Waals surface area contributed by atoms with Crippen LogP contribution in [0.3, 0.4) is 0 Å². The fraction of sp³-hybridized carbons (Fsp3) is 0.571. The Bertz CT molecular complexity index is 362. The van der Waals surface area contributed by atoms with Gasteiger partial charge in [-0.3, -0.25) is 0 Å². The van der Waals surface area contributed by atoms with Gasteiger partial charge in [-0.25, -0.2) is 0 Å². The topological polar surface area (TPSA) is 21.3 Å². The maximum atomic E-state index is 5.48. The molecule has 2 nitrogen and oxygen atoms in total. The Morgan fingerprint density at radius 2 is 2.25 bits per heavy atom. The Kier molecular flexibility index (Phi) is 3.49. The van der Waals surface area contributed by atoms with Crippen LogP contribution in [0.2, 0.25) is 0 Å². The molecule has 0 saturated carbocycles. The minimum absolute atomic E-state index is 0.506. The van der Waals surface area contributed by atoms with Crippen molar-refractivity contribution in [3.8, 4) is 5.75 Å². The number of hydrogen-bond donors (Lipinski definition) is 1. The first-order valence-corrected chi connectivity index (χ1v) is 6.18. The minimum atomic E-state index is 0.506. The molecule has 0 spiro atoms. The van der Waals surface area contributed by atoms with Gasteiger partial charge in [0.25, 0.3) is 0 Å². The molecule has 1 aliphatic heterocycles. The molecular formula is C14H21NO. The molecule has 1 heterocycles. The average molecular weight is 219 g/mol. The van der Waals surface area contributed by atoms with E-state index in [1.165, 1.54) is 24.0 Å². The highest BCUT2D eigenvalue weighted by Gasteiger charge is 2.26. The van der Waals surface area contributed by atoms with Crippen LogP contribution in [0.25, 0.3) is 0 Å². The summed E-state index contributed by atoms with van der Waals surface area (Å²) in [6, 6.07) is 6.91. The van der Waals surface area contributed by atoms with Crippen molar-refractivity contribution in [2.45, 2.75) is 38.6 Å². The fourth-order valence-corrected chi connectivity index (χ4v) is 2.65. The summed E-state index contributed by atoms with van der Waals surface area (Å²) in [4.78, 5) is 0. The molecule has 2 unspecified atom stereocenters. The van der Waals surface area contributed by atoms with Crippen molar-refractivity contribution in [3.63, 3.8) is 0 Å². The van der Waals surface area contributed by atoms with Crippen LogP contribution in [0, 0.1) is 0 Å². The van der Waals surface area contributed by atoms with Gasteiger partial charge in [-0.1, -0.05) is 32.4 Å². The second-order valence-corrected chi connectivity index (χ2v) is 4.61. The molecule has 0 fully saturated rings. The van der Waals surface area contributed by atoms with Crippen LogP contribution in [0.4, 0.5) is 0 Å². The number of rotatable bonds is 3. The minimum Gasteiger partial charge on any atom is -0.496 e. The lowest BCUT2D eigenvalue weighted by atomic mass is 9.85. The Labute approximate surface area is 98.0 Å². The van der Waals surface area contributed by atoms with Crippen LogP contribution >= 0.6 is 0 Å². The predicted octanol–water partition coefficient (Wildman–Crippen LogP) is 3.24. The van der Waals surface area contributed by atoms with Crippen molar-refractivity contribution in [1.29, 1.82) is 0 Å². The first-order chi connectivity index (χ1) is 7.77. The second-order valence-electron chi connectivity index (χ2n) is 4.61. The smallest absolute Gasteiger partial charge is 0.122 e. The van der Waals surface area contributed by atoms with Crippen molar-refractivity contribution >= 4 is 0 Å². The predicted molar refractivity (Wildman–Crippen MR) is 67.1 cm³/mol. The molecule has 0 amide bonds. The monoisotopic (exact) mass is 219 g/mol. The van der Waals surface area contributed by atoms with E-state index in [2.05, 4.69) is 37.4 Å².